The molecule has 1 saturated heterocycles. The second kappa shape index (κ2) is 14.7. The fraction of sp³-hybridized carbons (Fsp3) is 0.606. The molecule has 2 aromatic rings. The molecule has 4 N–H and O–H groups in total. The number of carbonyl (C=O) groups excluding carboxylic acids is 5. The van der Waals surface area contributed by atoms with E-state index >= 15 is 0 Å². The first-order valence-electron chi connectivity index (χ1n) is 16.1. The van der Waals surface area contributed by atoms with Gasteiger partial charge in [0.1, 0.15) is 11.6 Å². The average Bonchev–Trinajstić information content (AvgIpc) is 3.47. The molecule has 43 heavy (non-hydrogen) atoms. The van der Waals surface area contributed by atoms with Crippen LogP contribution < -0.4 is 21.3 Å². The molecule has 1 aliphatic heterocycles. The molecule has 0 radical (unpaired) electrons. The van der Waals surface area contributed by atoms with Crippen molar-refractivity contribution in [1.29, 1.82) is 0 Å². The molecule has 4 amide bonds. The topological polar surface area (TPSA) is 147 Å². The van der Waals surface area contributed by atoms with Crippen molar-refractivity contribution in [3.8, 4) is 0 Å². The Kier molecular flexibility index (Phi) is 10.5. The molecule has 0 spiro atoms. The van der Waals surface area contributed by atoms with Gasteiger partial charge in [0, 0.05) is 23.9 Å². The maximum atomic E-state index is 13.9. The molecule has 2 aliphatic carbocycles. The molecule has 0 bridgehead atoms. The number of carbonyl (C=O) groups is 5. The lowest BCUT2D eigenvalue weighted by molar-refractivity contribution is -0.141. The molecule has 2 saturated carbocycles. The van der Waals surface area contributed by atoms with E-state index in [9.17, 15) is 24.0 Å². The summed E-state index contributed by atoms with van der Waals surface area (Å²) in [5, 5.41) is 12.1. The average molecular weight is 593 g/mol. The van der Waals surface area contributed by atoms with Crippen molar-refractivity contribution in [2.45, 2.75) is 108 Å². The Morgan fingerprint density at radius 1 is 0.837 bits per heavy atom. The van der Waals surface area contributed by atoms with Crippen LogP contribution in [0.25, 0.3) is 11.0 Å². The van der Waals surface area contributed by atoms with E-state index in [1.807, 2.05) is 18.2 Å². The smallest absolute Gasteiger partial charge is 0.289 e. The van der Waals surface area contributed by atoms with Crippen LogP contribution in [0.5, 0.6) is 0 Å². The Morgan fingerprint density at radius 3 is 2.28 bits per heavy atom. The summed E-state index contributed by atoms with van der Waals surface area (Å²) in [7, 11) is 0. The van der Waals surface area contributed by atoms with E-state index in [4.69, 9.17) is 4.42 Å². The van der Waals surface area contributed by atoms with Gasteiger partial charge in [0.05, 0.1) is 6.04 Å². The predicted octanol–water partition coefficient (Wildman–Crippen LogP) is 3.92. The van der Waals surface area contributed by atoms with E-state index in [2.05, 4.69) is 21.3 Å². The fourth-order valence-corrected chi connectivity index (χ4v) is 6.82. The van der Waals surface area contributed by atoms with Crippen LogP contribution in [0.1, 0.15) is 100 Å². The van der Waals surface area contributed by atoms with Crippen molar-refractivity contribution in [1.82, 2.24) is 21.3 Å². The molecule has 232 valence electrons. The molecule has 0 unspecified atom stereocenters. The molecular weight excluding hydrogens is 548 g/mol. The van der Waals surface area contributed by atoms with Gasteiger partial charge in [-0.2, -0.15) is 0 Å². The first-order valence-corrected chi connectivity index (χ1v) is 16.1. The summed E-state index contributed by atoms with van der Waals surface area (Å²) in [5.74, 6) is -2.86. The van der Waals surface area contributed by atoms with Crippen molar-refractivity contribution in [2.75, 3.05) is 6.54 Å². The van der Waals surface area contributed by atoms with Crippen LogP contribution >= 0.6 is 0 Å². The lowest BCUT2D eigenvalue weighted by atomic mass is 9.84. The molecule has 5 rings (SSSR count). The number of fused-ring (bicyclic) bond motifs is 1. The Labute approximate surface area is 252 Å². The summed E-state index contributed by atoms with van der Waals surface area (Å²) >= 11 is 0. The highest BCUT2D eigenvalue weighted by atomic mass is 16.3. The van der Waals surface area contributed by atoms with Gasteiger partial charge in [-0.3, -0.25) is 24.0 Å². The minimum absolute atomic E-state index is 0.0299. The Morgan fingerprint density at radius 2 is 1.56 bits per heavy atom. The van der Waals surface area contributed by atoms with Crippen molar-refractivity contribution < 1.29 is 28.4 Å². The predicted molar refractivity (Wildman–Crippen MR) is 161 cm³/mol. The van der Waals surface area contributed by atoms with Crippen LogP contribution in [0.15, 0.2) is 34.7 Å². The number of rotatable bonds is 11. The molecule has 3 atom stereocenters. The van der Waals surface area contributed by atoms with Crippen LogP contribution in [0.4, 0.5) is 0 Å². The van der Waals surface area contributed by atoms with Crippen LogP contribution in [-0.2, 0) is 19.2 Å². The number of furan rings is 1. The highest BCUT2D eigenvalue weighted by Crippen LogP contribution is 2.28. The quantitative estimate of drug-likeness (QED) is 0.291. The minimum atomic E-state index is -1.18. The molecule has 3 fully saturated rings. The Balaban J connectivity index is 1.33. The fourth-order valence-electron chi connectivity index (χ4n) is 6.82. The van der Waals surface area contributed by atoms with Gasteiger partial charge < -0.3 is 25.7 Å². The number of hydrogen-bond acceptors (Lipinski definition) is 6. The monoisotopic (exact) mass is 592 g/mol. The number of hydrogen-bond donors (Lipinski definition) is 4. The molecule has 1 aromatic carbocycles. The van der Waals surface area contributed by atoms with E-state index in [0.29, 0.717) is 25.0 Å². The molecule has 2 heterocycles. The standard InChI is InChI=1S/C33H44N4O6/c38-29(33(42)35-24-14-5-2-6-15-24)25(19-23-13-9-17-34-30(23)39)36-31(40)26(18-21-10-3-1-4-11-21)37-32(41)28-20-22-12-7-8-16-27(22)43-28/h7-8,12,16,20-21,23-26H,1-6,9-11,13-15,17-19H2,(H,34,39)(H,35,42)(H,36,40)(H,37,41)/t23-,25-,26-/m0/s1. The summed E-state index contributed by atoms with van der Waals surface area (Å²) in [6, 6.07) is 6.76. The van der Waals surface area contributed by atoms with Crippen LogP contribution in [0, 0.1) is 11.8 Å². The number of Topliss-reactive ketones (excluding diaryl/α,β-unsaturated/α-hetero) is 1. The molecule has 1 aromatic heterocycles. The molecule has 10 heteroatoms. The van der Waals surface area contributed by atoms with Gasteiger partial charge in [-0.05, 0) is 56.6 Å². The van der Waals surface area contributed by atoms with Crippen LogP contribution in [0.2, 0.25) is 0 Å². The zero-order valence-electron chi connectivity index (χ0n) is 24.8. The maximum Gasteiger partial charge on any atom is 0.289 e. The molecule has 3 aliphatic rings. The van der Waals surface area contributed by atoms with Gasteiger partial charge in [0.25, 0.3) is 11.8 Å². The number of nitrogens with one attached hydrogen (secondary N) is 4. The van der Waals surface area contributed by atoms with Crippen molar-refractivity contribution in [3.05, 3.63) is 36.1 Å². The van der Waals surface area contributed by atoms with Gasteiger partial charge in [-0.15, -0.1) is 0 Å². The van der Waals surface area contributed by atoms with E-state index in [0.717, 1.165) is 76.0 Å². The largest absolute Gasteiger partial charge is 0.451 e. The first-order chi connectivity index (χ1) is 20.9. The number of amides is 4. The van der Waals surface area contributed by atoms with Crippen molar-refractivity contribution in [2.24, 2.45) is 11.8 Å². The normalized spacial score (nSPS) is 21.4. The van der Waals surface area contributed by atoms with E-state index in [1.54, 1.807) is 12.1 Å². The number of para-hydroxylation sites is 1. The SMILES string of the molecule is O=C(NC1CCCCC1)C(=O)[C@H](C[C@@H]1CCCNC1=O)NC(=O)[C@H](CC1CCCCC1)NC(=O)c1cc2ccccc2o1. The minimum Gasteiger partial charge on any atom is -0.451 e. The van der Waals surface area contributed by atoms with E-state index < -0.39 is 41.5 Å². The lowest BCUT2D eigenvalue weighted by Gasteiger charge is -2.30. The van der Waals surface area contributed by atoms with Crippen LogP contribution in [0.3, 0.4) is 0 Å². The summed E-state index contributed by atoms with van der Waals surface area (Å²) < 4.78 is 5.74. The Hall–Kier alpha value is -3.69. The summed E-state index contributed by atoms with van der Waals surface area (Å²) in [4.78, 5) is 66.4. The third-order valence-corrected chi connectivity index (χ3v) is 9.28. The third-order valence-electron chi connectivity index (χ3n) is 9.28. The van der Waals surface area contributed by atoms with Gasteiger partial charge >= 0.3 is 0 Å². The van der Waals surface area contributed by atoms with Crippen molar-refractivity contribution >= 4 is 40.4 Å². The second-order valence-corrected chi connectivity index (χ2v) is 12.5. The Bertz CT molecular complexity index is 1280. The molecule has 10 nitrogen and oxygen atoms in total. The highest BCUT2D eigenvalue weighted by Gasteiger charge is 2.36. The summed E-state index contributed by atoms with van der Waals surface area (Å²) in [5.41, 5.74) is 0.571. The highest BCUT2D eigenvalue weighted by molar-refractivity contribution is 6.38. The van der Waals surface area contributed by atoms with Crippen molar-refractivity contribution in [3.63, 3.8) is 0 Å². The lowest BCUT2D eigenvalue weighted by Crippen LogP contribution is -2.56. The number of piperidine rings is 1. The van der Waals surface area contributed by atoms with Gasteiger partial charge in [-0.1, -0.05) is 69.6 Å². The van der Waals surface area contributed by atoms with Gasteiger partial charge in [0.2, 0.25) is 17.6 Å². The van der Waals surface area contributed by atoms with E-state index in [-0.39, 0.29) is 30.0 Å². The van der Waals surface area contributed by atoms with Gasteiger partial charge in [-0.25, -0.2) is 0 Å². The zero-order chi connectivity index (χ0) is 30.2. The van der Waals surface area contributed by atoms with Crippen LogP contribution in [-0.4, -0.2) is 54.1 Å². The third kappa shape index (κ3) is 8.24. The first kappa shape index (κ1) is 30.8. The summed E-state index contributed by atoms with van der Waals surface area (Å²) in [6.07, 6.45) is 11.7. The maximum absolute atomic E-state index is 13.9. The second-order valence-electron chi connectivity index (χ2n) is 12.5. The van der Waals surface area contributed by atoms with Gasteiger partial charge in [0.15, 0.2) is 5.76 Å². The number of benzene rings is 1. The van der Waals surface area contributed by atoms with E-state index in [1.165, 1.54) is 0 Å². The molecular formula is C33H44N4O6. The summed E-state index contributed by atoms with van der Waals surface area (Å²) in [6.45, 7) is 0.569. The number of ketones is 1. The zero-order valence-corrected chi connectivity index (χ0v) is 24.8.